The van der Waals surface area contributed by atoms with E-state index in [1.165, 1.54) is 61.1 Å². The normalized spacial score (nSPS) is 17.4. The van der Waals surface area contributed by atoms with Crippen LogP contribution in [0, 0.1) is 117 Å². The number of rotatable bonds is 10. The SMILES string of the molecule is [2H]C([2H])([2H])c1cc(C)ccc1-c1cc(-c2cccc(-c3ccccc3C([2H])([2H])[2H])c2C)[n+](C)cc1C([2H])([2H])[2H].[2H]C([2H])([2H])c1ccc(-c2ccc(C([2H])([2H])[2H])c(-c3ccccc3C([2H])([2H])[2H])c2C)[n+](C)c1.[2H]C([2H])([2H])c1ccccc1-c1c(C([2H])([2H])[2H])ccc(-c2cccc[n+]2C)c1C.[2H]C([2H])([2H])c1ccccc1-c1cccc(-c2cc(-c3c(C([2H])([2H])[2H])cccc3C([2H])([2H])[2H])c(C([2H])([2H])[2H])c[n+]2C)c1C. The second kappa shape index (κ2) is 32.6. The van der Waals surface area contributed by atoms with Gasteiger partial charge in [-0.2, -0.15) is 0 Å². The maximum absolute atomic E-state index is 8.24. The van der Waals surface area contributed by atoms with Crippen LogP contribution in [-0.2, 0) is 28.2 Å². The number of aryl methyl sites for hydroxylation is 17. The number of hydrogen-bond donors (Lipinski definition) is 0. The highest BCUT2D eigenvalue weighted by atomic mass is 14.9. The molecule has 0 spiro atoms. The van der Waals surface area contributed by atoms with E-state index in [1.54, 1.807) is 206 Å². The Bertz CT molecular complexity index is 6970. The Morgan fingerprint density at radius 1 is 0.200 bits per heavy atom. The molecule has 0 N–H and O–H groups in total. The number of benzene rings is 10. The molecule has 0 bridgehead atoms. The highest BCUT2D eigenvalue weighted by molar-refractivity contribution is 5.85. The molecule has 526 valence electrons. The van der Waals surface area contributed by atoms with Crippen LogP contribution in [0.1, 0.15) is 144 Å². The van der Waals surface area contributed by atoms with E-state index in [1.807, 2.05) is 75.0 Å². The molecule has 105 heavy (non-hydrogen) atoms. The smallest absolute Gasteiger partial charge is 0.201 e. The van der Waals surface area contributed by atoms with E-state index in [4.69, 9.17) is 49.3 Å². The standard InChI is InChI=1S/2C29H30N.C22H24N.C21H22N/c1-19-11-7-8-14-24(19)25-15-10-16-26(23(25)5)28-17-27(22(4)18-30(28)6)29-20(2)12-9-13-21(29)3;1-19-14-15-25(21(3)16-19)28-17-29(30(6)18-22(28)4)27-13-9-12-26(23(27)5)24-11-8-7-10-20(24)2;1-15-10-13-21(23(5)14-15)20-12-11-17(3)22(18(20)4)19-9-7-6-8-16(19)2;1-15-9-5-6-10-18(15)21-16(2)12-13-19(17(21)3)20-11-7-8-14-22(20)4/h2*7-18H,1-6H3;6-14H,1-5H3;5-14H,1-4H3/q4*+1/i1D3,2D3,3D3,4D3;2D3,3D3,4D3;1D3,2D3,3D3;1D3,2D3. The maximum atomic E-state index is 8.24. The molecule has 0 aliphatic rings. The minimum absolute atomic E-state index is 0.0198. The van der Waals surface area contributed by atoms with E-state index in [2.05, 4.69) is 0 Å². The number of hydrogen-bond acceptors (Lipinski definition) is 0. The fourth-order valence-electron chi connectivity index (χ4n) is 13.6. The molecule has 0 aliphatic carbocycles. The van der Waals surface area contributed by atoms with Crippen molar-refractivity contribution in [2.45, 2.75) is 117 Å². The predicted molar refractivity (Wildman–Crippen MR) is 445 cm³/mol. The summed E-state index contributed by atoms with van der Waals surface area (Å²) < 4.78 is 296. The lowest BCUT2D eigenvalue weighted by molar-refractivity contribution is -0.660. The van der Waals surface area contributed by atoms with Crippen LogP contribution in [0.15, 0.2) is 261 Å². The zero-order valence-electron chi connectivity index (χ0n) is 96.1. The average molecular weight is 1410 g/mol. The van der Waals surface area contributed by atoms with Gasteiger partial charge >= 0.3 is 0 Å². The molecule has 4 heteroatoms. The van der Waals surface area contributed by atoms with Gasteiger partial charge in [0, 0.05) is 119 Å². The molecule has 4 nitrogen and oxygen atoms in total. The van der Waals surface area contributed by atoms with E-state index in [-0.39, 0.29) is 77.9 Å². The monoisotopic (exact) mass is 1410 g/mol. The first-order chi connectivity index (χ1) is 64.9. The molecule has 10 aromatic carbocycles. The summed E-state index contributed by atoms with van der Waals surface area (Å²) in [6.07, 6.45) is 6.35. The van der Waals surface area contributed by atoms with Crippen LogP contribution < -0.4 is 18.3 Å². The summed E-state index contributed by atoms with van der Waals surface area (Å²) in [5, 5.41) is 0. The molecule has 4 heterocycles. The Balaban J connectivity index is 0.000000182. The van der Waals surface area contributed by atoms with Crippen LogP contribution >= 0.6 is 0 Å². The van der Waals surface area contributed by atoms with Crippen molar-refractivity contribution >= 4 is 0 Å². The van der Waals surface area contributed by atoms with Gasteiger partial charge in [0.05, 0.1) is 0 Å². The molecule has 0 saturated heterocycles. The van der Waals surface area contributed by atoms with Crippen molar-refractivity contribution in [3.05, 3.63) is 356 Å². The molecule has 0 radical (unpaired) electrons. The summed E-state index contributed by atoms with van der Waals surface area (Å²) in [6.45, 7) is -20.4. The quantitative estimate of drug-likeness (QED) is 0.121. The van der Waals surface area contributed by atoms with Gasteiger partial charge in [0.15, 0.2) is 24.8 Å². The van der Waals surface area contributed by atoms with E-state index in [0.29, 0.717) is 89.4 Å². The summed E-state index contributed by atoms with van der Waals surface area (Å²) in [5.41, 5.74) is 14.4. The van der Waals surface area contributed by atoms with Crippen molar-refractivity contribution in [1.82, 2.24) is 0 Å². The minimum atomic E-state index is -2.73. The largest absolute Gasteiger partial charge is 0.213 e. The van der Waals surface area contributed by atoms with Gasteiger partial charge in [-0.15, -0.1) is 0 Å². The molecule has 0 atom stereocenters. The van der Waals surface area contributed by atoms with Crippen LogP contribution in [0.4, 0.5) is 0 Å². The van der Waals surface area contributed by atoms with Crippen molar-refractivity contribution < 1.29 is 67.6 Å². The number of pyridine rings is 4. The molecule has 0 unspecified atom stereocenters. The van der Waals surface area contributed by atoms with Gasteiger partial charge in [-0.3, -0.25) is 0 Å². The highest BCUT2D eigenvalue weighted by Crippen LogP contribution is 2.41. The molecular formula is C101H106N4+4. The van der Waals surface area contributed by atoms with Crippen LogP contribution in [0.5, 0.6) is 0 Å². The molecule has 14 rings (SSSR count). The van der Waals surface area contributed by atoms with Gasteiger partial charge in [-0.05, 0) is 292 Å². The first-order valence-electron chi connectivity index (χ1n) is 52.0. The molecule has 0 saturated carbocycles. The summed E-state index contributed by atoms with van der Waals surface area (Å²) in [4.78, 5) is 0. The Labute approximate surface area is 678 Å². The second-order valence-electron chi connectivity index (χ2n) is 26.0. The van der Waals surface area contributed by atoms with E-state index < -0.39 is 82.2 Å². The van der Waals surface area contributed by atoms with Crippen molar-refractivity contribution in [3.63, 3.8) is 0 Å². The molecular weight excluding hydrogens is 1270 g/mol. The van der Waals surface area contributed by atoms with Gasteiger partial charge in [-0.25, -0.2) is 18.3 Å². The van der Waals surface area contributed by atoms with Crippen LogP contribution in [0.25, 0.3) is 112 Å². The van der Waals surface area contributed by atoms with Crippen molar-refractivity contribution in [3.8, 4) is 112 Å². The highest BCUT2D eigenvalue weighted by Gasteiger charge is 2.24. The fraction of sp³-hybridized carbons (Fsp3) is 0.208. The van der Waals surface area contributed by atoms with Gasteiger partial charge < -0.3 is 0 Å². The third-order valence-electron chi connectivity index (χ3n) is 19.1. The van der Waals surface area contributed by atoms with Gasteiger partial charge in [0.25, 0.3) is 0 Å². The maximum Gasteiger partial charge on any atom is 0.213 e. The van der Waals surface area contributed by atoms with Crippen molar-refractivity contribution in [2.75, 3.05) is 0 Å². The summed E-state index contributed by atoms with van der Waals surface area (Å²) >= 11 is 0. The minimum Gasteiger partial charge on any atom is -0.201 e. The summed E-state index contributed by atoms with van der Waals surface area (Å²) in [7, 11) is 7.04. The molecule has 0 amide bonds. The zero-order valence-corrected chi connectivity index (χ0v) is 60.1. The number of nitrogens with zero attached hydrogens (tertiary/aromatic N) is 4. The number of aromatic nitrogens is 4. The van der Waals surface area contributed by atoms with Crippen LogP contribution in [0.3, 0.4) is 0 Å². The topological polar surface area (TPSA) is 15.5 Å². The van der Waals surface area contributed by atoms with Gasteiger partial charge in [0.2, 0.25) is 22.8 Å². The van der Waals surface area contributed by atoms with Gasteiger partial charge in [-0.1, -0.05) is 175 Å². The Morgan fingerprint density at radius 2 is 0.552 bits per heavy atom. The third kappa shape index (κ3) is 16.1. The first-order valence-corrected chi connectivity index (χ1v) is 34.0. The van der Waals surface area contributed by atoms with Crippen molar-refractivity contribution in [2.24, 2.45) is 28.2 Å². The molecule has 0 aliphatic heterocycles. The lowest BCUT2D eigenvalue weighted by Gasteiger charge is -2.16. The Hall–Kier alpha value is -11.2. The average Bonchev–Trinajstić information content (AvgIpc) is 0.740. The Kier molecular flexibility index (Phi) is 12.8. The third-order valence-corrected chi connectivity index (χ3v) is 19.1. The van der Waals surface area contributed by atoms with E-state index in [0.717, 1.165) is 39.1 Å². The summed E-state index contributed by atoms with van der Waals surface area (Å²) in [6, 6.07) is 65.4. The van der Waals surface area contributed by atoms with Gasteiger partial charge in [0.1, 0.15) is 28.2 Å². The van der Waals surface area contributed by atoms with Crippen molar-refractivity contribution in [1.29, 1.82) is 0 Å². The zero-order chi connectivity index (χ0) is 105. The molecule has 0 fully saturated rings. The Morgan fingerprint density at radius 3 is 1.03 bits per heavy atom. The van der Waals surface area contributed by atoms with Crippen LogP contribution in [-0.4, -0.2) is 0 Å². The lowest BCUT2D eigenvalue weighted by atomic mass is 9.89. The van der Waals surface area contributed by atoms with E-state index in [9.17, 15) is 0 Å². The second-order valence-corrected chi connectivity index (χ2v) is 26.0. The fourth-order valence-corrected chi connectivity index (χ4v) is 13.6. The molecule has 14 aromatic rings. The lowest BCUT2D eigenvalue weighted by Crippen LogP contribution is -2.31. The first kappa shape index (κ1) is 41.3. The summed E-state index contributed by atoms with van der Waals surface area (Å²) in [5.74, 6) is 0. The van der Waals surface area contributed by atoms with Crippen LogP contribution in [0.2, 0.25) is 0 Å². The van der Waals surface area contributed by atoms with E-state index >= 15 is 0 Å². The predicted octanol–water partition coefficient (Wildman–Crippen LogP) is 24.0. The molecule has 4 aromatic heterocycles.